The molecule has 25 heavy (non-hydrogen) atoms. The van der Waals surface area contributed by atoms with Gasteiger partial charge in [0.1, 0.15) is 5.78 Å². The van der Waals surface area contributed by atoms with Crippen molar-refractivity contribution in [1.29, 1.82) is 0 Å². The molecule has 3 unspecified atom stereocenters. The first-order valence-electron chi connectivity index (χ1n) is 10.3. The van der Waals surface area contributed by atoms with Gasteiger partial charge in [-0.05, 0) is 55.3 Å². The minimum absolute atomic E-state index is 0.00340. The van der Waals surface area contributed by atoms with Crippen molar-refractivity contribution < 1.29 is 14.6 Å². The Morgan fingerprint density at radius 1 is 1.16 bits per heavy atom. The second-order valence-corrected chi connectivity index (χ2v) is 10.2. The highest BCUT2D eigenvalue weighted by Gasteiger charge is 2.67. The van der Waals surface area contributed by atoms with Crippen LogP contribution < -0.4 is 0 Å². The van der Waals surface area contributed by atoms with Crippen LogP contribution in [0, 0.1) is 39.9 Å². The lowest BCUT2D eigenvalue weighted by Crippen LogP contribution is -2.62. The van der Waals surface area contributed by atoms with Crippen LogP contribution in [-0.2, 0) is 9.53 Å². The summed E-state index contributed by atoms with van der Waals surface area (Å²) in [4.78, 5) is 13.7. The molecule has 0 spiro atoms. The number of aliphatic hydroxyl groups excluding tert-OH is 1. The molecule has 0 saturated heterocycles. The van der Waals surface area contributed by atoms with Crippen molar-refractivity contribution in [3.63, 3.8) is 0 Å². The van der Waals surface area contributed by atoms with E-state index in [-0.39, 0.29) is 34.7 Å². The van der Waals surface area contributed by atoms with Gasteiger partial charge in [0.15, 0.2) is 0 Å². The van der Waals surface area contributed by atoms with Crippen LogP contribution in [0.2, 0.25) is 0 Å². The maximum absolute atomic E-state index is 13.7. The van der Waals surface area contributed by atoms with E-state index >= 15 is 0 Å². The second kappa shape index (κ2) is 6.05. The Bertz CT molecular complexity index is 543. The molecule has 0 heterocycles. The van der Waals surface area contributed by atoms with E-state index in [1.807, 2.05) is 7.11 Å². The number of aliphatic hydroxyl groups is 1. The fraction of sp³-hybridized carbons (Fsp3) is 0.955. The lowest BCUT2D eigenvalue weighted by Gasteiger charge is -2.62. The molecule has 3 aliphatic carbocycles. The van der Waals surface area contributed by atoms with Crippen LogP contribution in [0.1, 0.15) is 73.6 Å². The Kier molecular flexibility index (Phi) is 4.69. The van der Waals surface area contributed by atoms with E-state index in [9.17, 15) is 9.90 Å². The van der Waals surface area contributed by atoms with Crippen molar-refractivity contribution in [2.24, 2.45) is 39.9 Å². The van der Waals surface area contributed by atoms with Gasteiger partial charge in [0.2, 0.25) is 0 Å². The zero-order chi connectivity index (χ0) is 18.8. The molecule has 3 fully saturated rings. The number of hydrogen-bond donors (Lipinski definition) is 1. The number of methoxy groups -OCH3 is 1. The van der Waals surface area contributed by atoms with Gasteiger partial charge in [-0.1, -0.05) is 41.5 Å². The average molecular weight is 351 g/mol. The summed E-state index contributed by atoms with van der Waals surface area (Å²) < 4.78 is 5.93. The first-order chi connectivity index (χ1) is 11.6. The standard InChI is InChI=1S/C22H38O3/c1-13(2)20(5)12-17(23)21(6)14(3)8-10-22(15(4)19(20)24)11-9-16(25-7)18(21)22/h13-18,23H,8-12H2,1-7H3/t14-,15+,16?,17-,18?,20+,21+,22?/m1/s1. The molecule has 144 valence electrons. The summed E-state index contributed by atoms with van der Waals surface area (Å²) in [5.41, 5.74) is -0.628. The van der Waals surface area contributed by atoms with Crippen LogP contribution in [0.4, 0.5) is 0 Å². The van der Waals surface area contributed by atoms with Gasteiger partial charge in [-0.2, -0.15) is 0 Å². The van der Waals surface area contributed by atoms with Gasteiger partial charge in [-0.15, -0.1) is 0 Å². The largest absolute Gasteiger partial charge is 0.393 e. The zero-order valence-electron chi connectivity index (χ0n) is 17.3. The van der Waals surface area contributed by atoms with Gasteiger partial charge in [-0.3, -0.25) is 4.79 Å². The highest BCUT2D eigenvalue weighted by atomic mass is 16.5. The van der Waals surface area contributed by atoms with Crippen molar-refractivity contribution in [2.75, 3.05) is 7.11 Å². The Balaban J connectivity index is 2.20. The molecule has 3 saturated carbocycles. The van der Waals surface area contributed by atoms with Crippen LogP contribution in [-0.4, -0.2) is 30.2 Å². The Morgan fingerprint density at radius 2 is 1.76 bits per heavy atom. The Hall–Kier alpha value is -0.410. The molecule has 0 radical (unpaired) electrons. The van der Waals surface area contributed by atoms with Crippen LogP contribution in [0.3, 0.4) is 0 Å². The highest BCUT2D eigenvalue weighted by Crippen LogP contribution is 2.68. The van der Waals surface area contributed by atoms with E-state index in [1.165, 1.54) is 0 Å². The third kappa shape index (κ3) is 2.34. The molecule has 1 N–H and O–H groups in total. The quantitative estimate of drug-likeness (QED) is 0.799. The zero-order valence-corrected chi connectivity index (χ0v) is 17.3. The summed E-state index contributed by atoms with van der Waals surface area (Å²) in [5, 5.41) is 11.5. The SMILES string of the molecule is COC1CCC23CC[C@@H](C)[C@](C)(C12)[C@H](O)C[C@@](C)(C(C)C)C(=O)[C@@H]3C. The number of rotatable bonds is 2. The molecule has 0 aliphatic heterocycles. The van der Waals surface area contributed by atoms with E-state index in [2.05, 4.69) is 41.5 Å². The summed E-state index contributed by atoms with van der Waals surface area (Å²) in [7, 11) is 1.81. The van der Waals surface area contributed by atoms with Crippen molar-refractivity contribution in [3.8, 4) is 0 Å². The molecule has 3 aliphatic rings. The van der Waals surface area contributed by atoms with E-state index in [0.717, 1.165) is 25.7 Å². The number of hydrogen-bond acceptors (Lipinski definition) is 3. The van der Waals surface area contributed by atoms with Gasteiger partial charge >= 0.3 is 0 Å². The third-order valence-electron chi connectivity index (χ3n) is 9.39. The van der Waals surface area contributed by atoms with Crippen LogP contribution in [0.15, 0.2) is 0 Å². The maximum Gasteiger partial charge on any atom is 0.142 e. The van der Waals surface area contributed by atoms with E-state index in [1.54, 1.807) is 0 Å². The second-order valence-electron chi connectivity index (χ2n) is 10.2. The predicted octanol–water partition coefficient (Wildman–Crippen LogP) is 4.47. The lowest BCUT2D eigenvalue weighted by atomic mass is 9.43. The number of ketones is 1. The number of ether oxygens (including phenoxy) is 1. The van der Waals surface area contributed by atoms with Gasteiger partial charge in [0, 0.05) is 23.9 Å². The molecule has 0 aromatic rings. The molecule has 2 bridgehead atoms. The maximum atomic E-state index is 13.7. The van der Waals surface area contributed by atoms with Crippen LogP contribution >= 0.6 is 0 Å². The van der Waals surface area contributed by atoms with E-state index in [0.29, 0.717) is 18.1 Å². The minimum atomic E-state index is -0.452. The summed E-state index contributed by atoms with van der Waals surface area (Å²) >= 11 is 0. The highest BCUT2D eigenvalue weighted by molar-refractivity contribution is 5.87. The fourth-order valence-electron chi connectivity index (χ4n) is 7.00. The van der Waals surface area contributed by atoms with E-state index in [4.69, 9.17) is 4.74 Å². The van der Waals surface area contributed by atoms with Crippen molar-refractivity contribution in [2.45, 2.75) is 85.9 Å². The van der Waals surface area contributed by atoms with Crippen molar-refractivity contribution >= 4 is 5.78 Å². The van der Waals surface area contributed by atoms with Gasteiger partial charge in [0.25, 0.3) is 0 Å². The fourth-order valence-corrected chi connectivity index (χ4v) is 7.00. The van der Waals surface area contributed by atoms with Gasteiger partial charge < -0.3 is 9.84 Å². The number of Topliss-reactive ketones (excluding diaryl/α,β-unsaturated/α-hetero) is 1. The monoisotopic (exact) mass is 350 g/mol. The normalized spacial score (nSPS) is 53.5. The molecular formula is C22H38O3. The number of carbonyl (C=O) groups is 1. The molecular weight excluding hydrogens is 312 g/mol. The van der Waals surface area contributed by atoms with Crippen molar-refractivity contribution in [3.05, 3.63) is 0 Å². The molecule has 8 atom stereocenters. The Morgan fingerprint density at radius 3 is 2.32 bits per heavy atom. The molecule has 0 aromatic heterocycles. The Labute approximate surface area is 153 Å². The lowest BCUT2D eigenvalue weighted by molar-refractivity contribution is -0.194. The summed E-state index contributed by atoms with van der Waals surface area (Å²) in [6.07, 6.45) is 4.59. The average Bonchev–Trinajstić information content (AvgIpc) is 2.96. The molecule has 0 amide bonds. The number of carbonyl (C=O) groups excluding carboxylic acids is 1. The predicted molar refractivity (Wildman–Crippen MR) is 100 cm³/mol. The summed E-state index contributed by atoms with van der Waals surface area (Å²) in [5.74, 6) is 1.39. The summed E-state index contributed by atoms with van der Waals surface area (Å²) in [6, 6.07) is 0. The smallest absolute Gasteiger partial charge is 0.142 e. The van der Waals surface area contributed by atoms with Gasteiger partial charge in [-0.25, -0.2) is 0 Å². The molecule has 3 rings (SSSR count). The van der Waals surface area contributed by atoms with Crippen LogP contribution in [0.5, 0.6) is 0 Å². The van der Waals surface area contributed by atoms with E-state index < -0.39 is 11.5 Å². The molecule has 0 aromatic carbocycles. The minimum Gasteiger partial charge on any atom is -0.393 e. The molecule has 3 heteroatoms. The van der Waals surface area contributed by atoms with Crippen molar-refractivity contribution in [1.82, 2.24) is 0 Å². The molecule has 3 nitrogen and oxygen atoms in total. The van der Waals surface area contributed by atoms with Crippen LogP contribution in [0.25, 0.3) is 0 Å². The first-order valence-corrected chi connectivity index (χ1v) is 10.3. The third-order valence-corrected chi connectivity index (χ3v) is 9.39. The topological polar surface area (TPSA) is 46.5 Å². The summed E-state index contributed by atoms with van der Waals surface area (Å²) in [6.45, 7) is 13.2. The van der Waals surface area contributed by atoms with Gasteiger partial charge in [0.05, 0.1) is 12.2 Å². The first kappa shape index (κ1) is 19.4.